The summed E-state index contributed by atoms with van der Waals surface area (Å²) < 4.78 is 18.7. The molecule has 20 heavy (non-hydrogen) atoms. The van der Waals surface area contributed by atoms with E-state index in [0.717, 1.165) is 0 Å². The van der Waals surface area contributed by atoms with Crippen LogP contribution in [0.2, 0.25) is 0 Å². The summed E-state index contributed by atoms with van der Waals surface area (Å²) in [5.74, 6) is 1.14. The van der Waals surface area contributed by atoms with Gasteiger partial charge in [-0.25, -0.2) is 4.39 Å². The monoisotopic (exact) mass is 295 g/mol. The average molecular weight is 295 g/mol. The van der Waals surface area contributed by atoms with Gasteiger partial charge < -0.3 is 10.3 Å². The Balaban J connectivity index is 2.02. The van der Waals surface area contributed by atoms with Gasteiger partial charge in [0.2, 0.25) is 5.89 Å². The Morgan fingerprint density at radius 2 is 2.05 bits per heavy atom. The molecule has 1 atom stereocenters. The topological polar surface area (TPSA) is 64.9 Å². The van der Waals surface area contributed by atoms with Gasteiger partial charge in [0.05, 0.1) is 11.8 Å². The minimum atomic E-state index is -0.317. The van der Waals surface area contributed by atoms with Crippen LogP contribution in [-0.2, 0) is 5.75 Å². The maximum atomic E-state index is 13.5. The van der Waals surface area contributed by atoms with Gasteiger partial charge >= 0.3 is 0 Å². The predicted molar refractivity (Wildman–Crippen MR) is 76.6 cm³/mol. The van der Waals surface area contributed by atoms with Gasteiger partial charge in [-0.2, -0.15) is 4.98 Å². The first-order chi connectivity index (χ1) is 9.38. The quantitative estimate of drug-likeness (QED) is 0.874. The molecule has 0 fully saturated rings. The SMILES string of the molecule is CC(C)(C)C(N)c1nc(CSc2ccccc2F)no1. The minimum absolute atomic E-state index is 0.150. The molecular formula is C14H18FN3OS. The van der Waals surface area contributed by atoms with Gasteiger partial charge in [-0.3, -0.25) is 0 Å². The molecule has 1 aromatic carbocycles. The average Bonchev–Trinajstić information content (AvgIpc) is 2.84. The van der Waals surface area contributed by atoms with Gasteiger partial charge in [0.1, 0.15) is 5.82 Å². The fourth-order valence-corrected chi connectivity index (χ4v) is 2.31. The summed E-state index contributed by atoms with van der Waals surface area (Å²) in [7, 11) is 0. The van der Waals surface area contributed by atoms with E-state index in [-0.39, 0.29) is 17.3 Å². The predicted octanol–water partition coefficient (Wildman–Crippen LogP) is 3.55. The third-order valence-corrected chi connectivity index (χ3v) is 3.92. The summed E-state index contributed by atoms with van der Waals surface area (Å²) in [6, 6.07) is 6.29. The van der Waals surface area contributed by atoms with Crippen molar-refractivity contribution in [2.75, 3.05) is 0 Å². The van der Waals surface area contributed by atoms with E-state index < -0.39 is 0 Å². The second-order valence-corrected chi connectivity index (χ2v) is 6.63. The summed E-state index contributed by atoms with van der Waals surface area (Å²) in [4.78, 5) is 4.84. The zero-order chi connectivity index (χ0) is 14.8. The van der Waals surface area contributed by atoms with Crippen molar-refractivity contribution in [3.05, 3.63) is 41.8 Å². The first-order valence-electron chi connectivity index (χ1n) is 6.33. The van der Waals surface area contributed by atoms with E-state index in [4.69, 9.17) is 10.3 Å². The van der Waals surface area contributed by atoms with Crippen molar-refractivity contribution in [1.82, 2.24) is 10.1 Å². The number of nitrogens with two attached hydrogens (primary N) is 1. The Labute approximate surface area is 121 Å². The lowest BCUT2D eigenvalue weighted by molar-refractivity contribution is 0.252. The van der Waals surface area contributed by atoms with Gasteiger partial charge in [0.25, 0.3) is 0 Å². The van der Waals surface area contributed by atoms with Gasteiger partial charge in [-0.1, -0.05) is 38.1 Å². The molecule has 4 nitrogen and oxygen atoms in total. The molecule has 0 aliphatic carbocycles. The van der Waals surface area contributed by atoms with Crippen molar-refractivity contribution < 1.29 is 8.91 Å². The molecule has 0 amide bonds. The molecule has 0 spiro atoms. The molecular weight excluding hydrogens is 277 g/mol. The second-order valence-electron chi connectivity index (χ2n) is 5.61. The maximum absolute atomic E-state index is 13.5. The molecule has 2 aromatic rings. The first-order valence-corrected chi connectivity index (χ1v) is 7.32. The molecule has 0 aliphatic rings. The number of halogens is 1. The summed E-state index contributed by atoms with van der Waals surface area (Å²) >= 11 is 1.33. The number of hydrogen-bond acceptors (Lipinski definition) is 5. The van der Waals surface area contributed by atoms with Crippen LogP contribution in [-0.4, -0.2) is 10.1 Å². The minimum Gasteiger partial charge on any atom is -0.338 e. The Bertz CT molecular complexity index is 580. The highest BCUT2D eigenvalue weighted by atomic mass is 32.2. The van der Waals surface area contributed by atoms with Crippen LogP contribution < -0.4 is 5.73 Å². The Hall–Kier alpha value is -1.40. The van der Waals surface area contributed by atoms with E-state index in [0.29, 0.717) is 22.4 Å². The van der Waals surface area contributed by atoms with E-state index in [1.807, 2.05) is 20.8 Å². The number of hydrogen-bond donors (Lipinski definition) is 1. The number of nitrogens with zero attached hydrogens (tertiary/aromatic N) is 2. The third-order valence-electron chi connectivity index (χ3n) is 2.88. The van der Waals surface area contributed by atoms with Gasteiger partial charge in [0, 0.05) is 4.90 Å². The molecule has 1 unspecified atom stereocenters. The smallest absolute Gasteiger partial charge is 0.244 e. The Morgan fingerprint density at radius 1 is 1.35 bits per heavy atom. The van der Waals surface area contributed by atoms with E-state index in [2.05, 4.69) is 10.1 Å². The highest BCUT2D eigenvalue weighted by Crippen LogP contribution is 2.30. The zero-order valence-corrected chi connectivity index (χ0v) is 12.6. The fraction of sp³-hybridized carbons (Fsp3) is 0.429. The van der Waals surface area contributed by atoms with Crippen molar-refractivity contribution in [1.29, 1.82) is 0 Å². The van der Waals surface area contributed by atoms with Crippen molar-refractivity contribution >= 4 is 11.8 Å². The molecule has 1 heterocycles. The molecule has 108 valence electrons. The van der Waals surface area contributed by atoms with Crippen LogP contribution in [0, 0.1) is 11.2 Å². The van der Waals surface area contributed by atoms with Gasteiger partial charge in [0.15, 0.2) is 5.82 Å². The number of aromatic nitrogens is 2. The summed E-state index contributed by atoms with van der Waals surface area (Å²) in [5.41, 5.74) is 5.90. The van der Waals surface area contributed by atoms with Crippen LogP contribution >= 0.6 is 11.8 Å². The van der Waals surface area contributed by atoms with Crippen molar-refractivity contribution in [3.63, 3.8) is 0 Å². The van der Waals surface area contributed by atoms with E-state index >= 15 is 0 Å². The molecule has 6 heteroatoms. The molecule has 0 aliphatic heterocycles. The molecule has 2 rings (SSSR count). The largest absolute Gasteiger partial charge is 0.338 e. The van der Waals surface area contributed by atoms with Crippen LogP contribution in [0.15, 0.2) is 33.7 Å². The highest BCUT2D eigenvalue weighted by Gasteiger charge is 2.27. The van der Waals surface area contributed by atoms with E-state index in [1.54, 1.807) is 18.2 Å². The number of benzene rings is 1. The van der Waals surface area contributed by atoms with Crippen LogP contribution in [0.1, 0.15) is 38.5 Å². The second kappa shape index (κ2) is 5.93. The molecule has 0 saturated carbocycles. The van der Waals surface area contributed by atoms with Crippen LogP contribution in [0.5, 0.6) is 0 Å². The first kappa shape index (κ1) is 15.0. The van der Waals surface area contributed by atoms with Gasteiger partial charge in [-0.15, -0.1) is 11.8 Å². The van der Waals surface area contributed by atoms with Crippen LogP contribution in [0.4, 0.5) is 4.39 Å². The van der Waals surface area contributed by atoms with Crippen molar-refractivity contribution in [3.8, 4) is 0 Å². The highest BCUT2D eigenvalue weighted by molar-refractivity contribution is 7.98. The lowest BCUT2D eigenvalue weighted by Gasteiger charge is -2.23. The summed E-state index contributed by atoms with van der Waals surface area (Å²) in [5, 5.41) is 3.89. The van der Waals surface area contributed by atoms with Crippen molar-refractivity contribution in [2.45, 2.75) is 37.5 Å². The standard InChI is InChI=1S/C14H18FN3OS/c1-14(2,3)12(16)13-17-11(18-19-13)8-20-10-7-5-4-6-9(10)15/h4-7,12H,8,16H2,1-3H3. The van der Waals surface area contributed by atoms with Crippen LogP contribution in [0.25, 0.3) is 0 Å². The fourth-order valence-electron chi connectivity index (χ4n) is 1.53. The van der Waals surface area contributed by atoms with Crippen molar-refractivity contribution in [2.24, 2.45) is 11.1 Å². The van der Waals surface area contributed by atoms with Crippen LogP contribution in [0.3, 0.4) is 0 Å². The number of thioether (sulfide) groups is 1. The maximum Gasteiger partial charge on any atom is 0.244 e. The molecule has 2 N–H and O–H groups in total. The molecule has 1 aromatic heterocycles. The molecule has 0 radical (unpaired) electrons. The summed E-state index contributed by atoms with van der Waals surface area (Å²) in [6.07, 6.45) is 0. The Morgan fingerprint density at radius 3 is 2.70 bits per heavy atom. The third kappa shape index (κ3) is 3.58. The lowest BCUT2D eigenvalue weighted by atomic mass is 9.87. The summed E-state index contributed by atoms with van der Waals surface area (Å²) in [6.45, 7) is 6.03. The molecule has 0 bridgehead atoms. The normalized spacial score (nSPS) is 13.4. The van der Waals surface area contributed by atoms with Gasteiger partial charge in [-0.05, 0) is 17.5 Å². The molecule has 0 saturated heterocycles. The number of rotatable bonds is 4. The zero-order valence-electron chi connectivity index (χ0n) is 11.8. The van der Waals surface area contributed by atoms with E-state index in [1.165, 1.54) is 17.8 Å². The Kier molecular flexibility index (Phi) is 4.45. The van der Waals surface area contributed by atoms with E-state index in [9.17, 15) is 4.39 Å². The lowest BCUT2D eigenvalue weighted by Crippen LogP contribution is -2.26.